The minimum atomic E-state index is -0.327. The fraction of sp³-hybridized carbons (Fsp3) is 0.353. The third kappa shape index (κ3) is 4.84. The Bertz CT molecular complexity index is 666. The quantitative estimate of drug-likeness (QED) is 0.842. The normalized spacial score (nSPS) is 10.5. The van der Waals surface area contributed by atoms with E-state index in [1.807, 2.05) is 13.8 Å². The van der Waals surface area contributed by atoms with Crippen LogP contribution in [0.5, 0.6) is 5.75 Å². The van der Waals surface area contributed by atoms with Crippen molar-refractivity contribution in [2.75, 3.05) is 25.5 Å². The summed E-state index contributed by atoms with van der Waals surface area (Å²) in [4.78, 5) is 26.3. The van der Waals surface area contributed by atoms with Crippen LogP contribution in [0.1, 0.15) is 24.2 Å². The van der Waals surface area contributed by atoms with Gasteiger partial charge in [0.05, 0.1) is 7.11 Å². The van der Waals surface area contributed by atoms with Crippen LogP contribution in [0.15, 0.2) is 41.1 Å². The number of hydrogen-bond acceptors (Lipinski definition) is 5. The van der Waals surface area contributed by atoms with E-state index in [2.05, 4.69) is 15.0 Å². The predicted octanol–water partition coefficient (Wildman–Crippen LogP) is 2.42. The molecule has 7 nitrogen and oxygen atoms in total. The number of rotatable bonds is 7. The lowest BCUT2D eigenvalue weighted by atomic mass is 10.1. The molecule has 1 heterocycles. The minimum absolute atomic E-state index is 0.0596. The van der Waals surface area contributed by atoms with Crippen molar-refractivity contribution >= 4 is 17.6 Å². The van der Waals surface area contributed by atoms with Gasteiger partial charge in [-0.15, -0.1) is 0 Å². The van der Waals surface area contributed by atoms with Crippen molar-refractivity contribution in [3.63, 3.8) is 0 Å². The zero-order chi connectivity index (χ0) is 17.5. The SMILES string of the molecule is COc1ccc(C(=O)N(CC(=O)Nc2ccon2)CC(C)C)cc1. The van der Waals surface area contributed by atoms with E-state index < -0.39 is 0 Å². The first-order valence-corrected chi connectivity index (χ1v) is 7.63. The van der Waals surface area contributed by atoms with Crippen molar-refractivity contribution in [1.29, 1.82) is 0 Å². The molecule has 0 spiro atoms. The van der Waals surface area contributed by atoms with E-state index in [1.165, 1.54) is 17.2 Å². The summed E-state index contributed by atoms with van der Waals surface area (Å²) >= 11 is 0. The molecular weight excluding hydrogens is 310 g/mol. The molecule has 0 bridgehead atoms. The number of nitrogens with one attached hydrogen (secondary N) is 1. The fourth-order valence-electron chi connectivity index (χ4n) is 2.21. The number of carbonyl (C=O) groups excluding carboxylic acids is 2. The van der Waals surface area contributed by atoms with Gasteiger partial charge in [0.15, 0.2) is 5.82 Å². The van der Waals surface area contributed by atoms with Crippen LogP contribution < -0.4 is 10.1 Å². The highest BCUT2D eigenvalue weighted by atomic mass is 16.5. The van der Waals surface area contributed by atoms with Gasteiger partial charge in [-0.05, 0) is 30.2 Å². The van der Waals surface area contributed by atoms with Crippen LogP contribution in [0.25, 0.3) is 0 Å². The largest absolute Gasteiger partial charge is 0.497 e. The molecule has 2 aromatic rings. The molecule has 7 heteroatoms. The molecule has 2 rings (SSSR count). The number of anilines is 1. The maximum Gasteiger partial charge on any atom is 0.254 e. The van der Waals surface area contributed by atoms with Gasteiger partial charge in [-0.3, -0.25) is 9.59 Å². The van der Waals surface area contributed by atoms with Gasteiger partial charge in [-0.2, -0.15) is 0 Å². The fourth-order valence-corrected chi connectivity index (χ4v) is 2.21. The molecule has 1 aromatic carbocycles. The van der Waals surface area contributed by atoms with E-state index in [0.717, 1.165) is 0 Å². The first kappa shape index (κ1) is 17.5. The highest BCUT2D eigenvalue weighted by molar-refractivity contribution is 5.99. The van der Waals surface area contributed by atoms with Crippen LogP contribution in [0.2, 0.25) is 0 Å². The zero-order valence-corrected chi connectivity index (χ0v) is 14.0. The monoisotopic (exact) mass is 331 g/mol. The Hall–Kier alpha value is -2.83. The summed E-state index contributed by atoms with van der Waals surface area (Å²) in [5.41, 5.74) is 0.505. The molecule has 0 saturated heterocycles. The summed E-state index contributed by atoms with van der Waals surface area (Å²) in [6, 6.07) is 8.34. The minimum Gasteiger partial charge on any atom is -0.497 e. The molecule has 0 fully saturated rings. The topological polar surface area (TPSA) is 84.7 Å². The Kier molecular flexibility index (Phi) is 5.95. The number of ether oxygens (including phenoxy) is 1. The van der Waals surface area contributed by atoms with Crippen LogP contribution in [0.3, 0.4) is 0 Å². The van der Waals surface area contributed by atoms with Crippen molar-refractivity contribution < 1.29 is 18.8 Å². The molecule has 1 N–H and O–H groups in total. The van der Waals surface area contributed by atoms with Crippen molar-refractivity contribution in [2.24, 2.45) is 5.92 Å². The van der Waals surface area contributed by atoms with Gasteiger partial charge in [0.1, 0.15) is 18.6 Å². The summed E-state index contributed by atoms with van der Waals surface area (Å²) in [5, 5.41) is 6.21. The number of carbonyl (C=O) groups is 2. The van der Waals surface area contributed by atoms with Gasteiger partial charge < -0.3 is 19.5 Å². The van der Waals surface area contributed by atoms with Crippen molar-refractivity contribution in [3.8, 4) is 5.75 Å². The summed E-state index contributed by atoms with van der Waals surface area (Å²) < 4.78 is 9.76. The first-order valence-electron chi connectivity index (χ1n) is 7.63. The summed E-state index contributed by atoms with van der Waals surface area (Å²) in [7, 11) is 1.57. The third-order valence-corrected chi connectivity index (χ3v) is 3.25. The van der Waals surface area contributed by atoms with Gasteiger partial charge in [0, 0.05) is 18.2 Å². The molecule has 0 radical (unpaired) electrons. The van der Waals surface area contributed by atoms with Crippen molar-refractivity contribution in [3.05, 3.63) is 42.2 Å². The molecule has 1 aromatic heterocycles. The Morgan fingerprint density at radius 1 is 1.25 bits per heavy atom. The molecule has 0 saturated carbocycles. The third-order valence-electron chi connectivity index (χ3n) is 3.25. The number of nitrogens with zero attached hydrogens (tertiary/aromatic N) is 2. The molecule has 0 unspecified atom stereocenters. The van der Waals surface area contributed by atoms with Gasteiger partial charge in [-0.25, -0.2) is 0 Å². The molecular formula is C17H21N3O4. The van der Waals surface area contributed by atoms with Crippen LogP contribution >= 0.6 is 0 Å². The maximum atomic E-state index is 12.7. The van der Waals surface area contributed by atoms with Crippen molar-refractivity contribution in [1.82, 2.24) is 10.1 Å². The molecule has 0 aliphatic rings. The molecule has 0 aliphatic heterocycles. The highest BCUT2D eigenvalue weighted by Gasteiger charge is 2.20. The van der Waals surface area contributed by atoms with Crippen molar-refractivity contribution in [2.45, 2.75) is 13.8 Å². The van der Waals surface area contributed by atoms with E-state index in [1.54, 1.807) is 31.4 Å². The Morgan fingerprint density at radius 2 is 1.96 bits per heavy atom. The summed E-state index contributed by atoms with van der Waals surface area (Å²) in [6.07, 6.45) is 1.37. The standard InChI is InChI=1S/C17H21N3O4/c1-12(2)10-20(11-16(21)18-15-8-9-24-19-15)17(22)13-4-6-14(23-3)7-5-13/h4-9,12H,10-11H2,1-3H3,(H,18,19,21). The lowest BCUT2D eigenvalue weighted by Crippen LogP contribution is -2.40. The molecule has 24 heavy (non-hydrogen) atoms. The smallest absolute Gasteiger partial charge is 0.254 e. The van der Waals surface area contributed by atoms with E-state index in [4.69, 9.17) is 4.74 Å². The zero-order valence-electron chi connectivity index (χ0n) is 14.0. The number of methoxy groups -OCH3 is 1. The number of aromatic nitrogens is 1. The first-order chi connectivity index (χ1) is 11.5. The molecule has 128 valence electrons. The lowest BCUT2D eigenvalue weighted by molar-refractivity contribution is -0.117. The molecule has 2 amide bonds. The summed E-state index contributed by atoms with van der Waals surface area (Å²) in [5.74, 6) is 0.687. The van der Waals surface area contributed by atoms with Crippen LogP contribution in [-0.2, 0) is 4.79 Å². The van der Waals surface area contributed by atoms with E-state index in [0.29, 0.717) is 23.7 Å². The highest BCUT2D eigenvalue weighted by Crippen LogP contribution is 2.14. The average molecular weight is 331 g/mol. The van der Waals surface area contributed by atoms with E-state index >= 15 is 0 Å². The second kappa shape index (κ2) is 8.14. The Morgan fingerprint density at radius 3 is 2.50 bits per heavy atom. The van der Waals surface area contributed by atoms with E-state index in [-0.39, 0.29) is 24.3 Å². The molecule has 0 aliphatic carbocycles. The van der Waals surface area contributed by atoms with Gasteiger partial charge in [-0.1, -0.05) is 19.0 Å². The Labute approximate surface area is 140 Å². The second-order valence-electron chi connectivity index (χ2n) is 5.74. The maximum absolute atomic E-state index is 12.7. The van der Waals surface area contributed by atoms with Crippen LogP contribution in [0, 0.1) is 5.92 Å². The second-order valence-corrected chi connectivity index (χ2v) is 5.74. The van der Waals surface area contributed by atoms with Crippen LogP contribution in [-0.4, -0.2) is 42.1 Å². The van der Waals surface area contributed by atoms with Gasteiger partial charge >= 0.3 is 0 Å². The predicted molar refractivity (Wildman–Crippen MR) is 88.9 cm³/mol. The Balaban J connectivity index is 2.08. The lowest BCUT2D eigenvalue weighted by Gasteiger charge is -2.24. The number of amides is 2. The number of benzene rings is 1. The van der Waals surface area contributed by atoms with E-state index in [9.17, 15) is 9.59 Å². The van der Waals surface area contributed by atoms with Gasteiger partial charge in [0.25, 0.3) is 5.91 Å². The summed E-state index contributed by atoms with van der Waals surface area (Å²) in [6.45, 7) is 4.39. The van der Waals surface area contributed by atoms with Gasteiger partial charge in [0.2, 0.25) is 5.91 Å². The molecule has 0 atom stereocenters. The van der Waals surface area contributed by atoms with Crippen LogP contribution in [0.4, 0.5) is 5.82 Å². The number of hydrogen-bond donors (Lipinski definition) is 1. The average Bonchev–Trinajstić information content (AvgIpc) is 3.06.